The molecule has 0 aliphatic heterocycles. The van der Waals surface area contributed by atoms with E-state index in [9.17, 15) is 4.79 Å². The molecule has 0 aromatic carbocycles. The Morgan fingerprint density at radius 1 is 1.06 bits per heavy atom. The maximum absolute atomic E-state index is 14.0. The molecule has 33 heavy (non-hydrogen) atoms. The van der Waals surface area contributed by atoms with Crippen LogP contribution in [0.15, 0.2) is 82.4 Å². The van der Waals surface area contributed by atoms with Gasteiger partial charge in [0.2, 0.25) is 0 Å². The van der Waals surface area contributed by atoms with Gasteiger partial charge in [-0.25, -0.2) is 9.67 Å². The van der Waals surface area contributed by atoms with Crippen LogP contribution in [-0.2, 0) is 13.1 Å². The molecule has 0 atom stereocenters. The molecule has 5 aromatic rings. The lowest BCUT2D eigenvalue weighted by molar-refractivity contribution is 0.0719. The summed E-state index contributed by atoms with van der Waals surface area (Å²) in [6, 6.07) is 13.0. The Balaban J connectivity index is 1.62. The van der Waals surface area contributed by atoms with Crippen LogP contribution in [0.1, 0.15) is 41.6 Å². The Kier molecular flexibility index (Phi) is 5.48. The van der Waals surface area contributed by atoms with Crippen LogP contribution in [0.25, 0.3) is 22.5 Å². The maximum atomic E-state index is 14.0. The zero-order valence-electron chi connectivity index (χ0n) is 18.4. The smallest absolute Gasteiger partial charge is 0.255 e. The minimum atomic E-state index is -0.154. The van der Waals surface area contributed by atoms with E-state index in [4.69, 9.17) is 13.8 Å². The number of furan rings is 2. The van der Waals surface area contributed by atoms with E-state index >= 15 is 0 Å². The number of carbonyl (C=O) groups excluding carboxylic acids is 1. The van der Waals surface area contributed by atoms with Crippen molar-refractivity contribution >= 4 is 16.9 Å². The predicted molar refractivity (Wildman–Crippen MR) is 122 cm³/mol. The van der Waals surface area contributed by atoms with Crippen LogP contribution >= 0.6 is 0 Å². The fourth-order valence-electron chi connectivity index (χ4n) is 3.80. The molecule has 5 rings (SSSR count). The van der Waals surface area contributed by atoms with Gasteiger partial charge in [0, 0.05) is 25.0 Å². The van der Waals surface area contributed by atoms with Crippen molar-refractivity contribution in [3.63, 3.8) is 0 Å². The van der Waals surface area contributed by atoms with Crippen molar-refractivity contribution in [3.8, 4) is 11.5 Å². The van der Waals surface area contributed by atoms with Crippen molar-refractivity contribution in [2.24, 2.45) is 0 Å². The highest BCUT2D eigenvalue weighted by molar-refractivity contribution is 6.06. The van der Waals surface area contributed by atoms with Gasteiger partial charge in [-0.1, -0.05) is 6.07 Å². The molecule has 0 unspecified atom stereocenters. The molecule has 0 saturated carbocycles. The van der Waals surface area contributed by atoms with Gasteiger partial charge in [0.1, 0.15) is 11.5 Å². The first kappa shape index (κ1) is 20.7. The number of rotatable bonds is 7. The van der Waals surface area contributed by atoms with E-state index in [0.29, 0.717) is 46.9 Å². The molecule has 0 aliphatic carbocycles. The quantitative estimate of drug-likeness (QED) is 0.349. The zero-order valence-corrected chi connectivity index (χ0v) is 18.4. The monoisotopic (exact) mass is 441 g/mol. The molecular weight excluding hydrogens is 418 g/mol. The van der Waals surface area contributed by atoms with Crippen LogP contribution in [-0.4, -0.2) is 30.6 Å². The number of amides is 1. The molecule has 0 N–H and O–H groups in total. The number of aromatic nitrogens is 4. The highest BCUT2D eigenvalue weighted by Crippen LogP contribution is 2.28. The Labute approximate surface area is 190 Å². The SMILES string of the molecule is CC(C)n1ncc2c(C(=O)N(Cc3cccnc3)Cc3ccco3)cc(-c3ccco3)nc21. The van der Waals surface area contributed by atoms with Crippen molar-refractivity contribution in [2.75, 3.05) is 0 Å². The van der Waals surface area contributed by atoms with Gasteiger partial charge >= 0.3 is 0 Å². The zero-order chi connectivity index (χ0) is 22.8. The van der Waals surface area contributed by atoms with Crippen molar-refractivity contribution in [1.82, 2.24) is 24.6 Å². The molecule has 8 nitrogen and oxygen atoms in total. The Hall–Kier alpha value is -4.20. The Morgan fingerprint density at radius 2 is 1.91 bits per heavy atom. The summed E-state index contributed by atoms with van der Waals surface area (Å²) in [7, 11) is 0. The van der Waals surface area contributed by atoms with Gasteiger partial charge in [-0.2, -0.15) is 5.10 Å². The molecular formula is C25H23N5O3. The second-order valence-electron chi connectivity index (χ2n) is 8.05. The molecule has 5 heterocycles. The Bertz CT molecular complexity index is 1360. The Morgan fingerprint density at radius 3 is 2.61 bits per heavy atom. The van der Waals surface area contributed by atoms with Gasteiger partial charge in [0.05, 0.1) is 36.2 Å². The molecule has 0 radical (unpaired) electrons. The maximum Gasteiger partial charge on any atom is 0.255 e. The third kappa shape index (κ3) is 4.15. The minimum Gasteiger partial charge on any atom is -0.467 e. The third-order valence-corrected chi connectivity index (χ3v) is 5.37. The van der Waals surface area contributed by atoms with E-state index in [1.165, 1.54) is 0 Å². The number of pyridine rings is 2. The topological polar surface area (TPSA) is 90.2 Å². The summed E-state index contributed by atoms with van der Waals surface area (Å²) in [6.45, 7) is 4.76. The van der Waals surface area contributed by atoms with Gasteiger partial charge in [0.15, 0.2) is 11.4 Å². The summed E-state index contributed by atoms with van der Waals surface area (Å²) >= 11 is 0. The fraction of sp³-hybridized carbons (Fsp3) is 0.200. The van der Waals surface area contributed by atoms with E-state index in [0.717, 1.165) is 5.56 Å². The number of nitrogens with zero attached hydrogens (tertiary/aromatic N) is 5. The van der Waals surface area contributed by atoms with Crippen LogP contribution in [0.3, 0.4) is 0 Å². The molecule has 0 saturated heterocycles. The van der Waals surface area contributed by atoms with Gasteiger partial charge < -0.3 is 13.7 Å². The number of fused-ring (bicyclic) bond motifs is 1. The summed E-state index contributed by atoms with van der Waals surface area (Å²) in [5.74, 6) is 1.13. The summed E-state index contributed by atoms with van der Waals surface area (Å²) in [4.78, 5) is 24.7. The highest BCUT2D eigenvalue weighted by atomic mass is 16.3. The van der Waals surface area contributed by atoms with Gasteiger partial charge in [-0.05, 0) is 55.8 Å². The van der Waals surface area contributed by atoms with Crippen molar-refractivity contribution in [2.45, 2.75) is 33.0 Å². The molecule has 8 heteroatoms. The van der Waals surface area contributed by atoms with Crippen LogP contribution in [0.2, 0.25) is 0 Å². The second kappa shape index (κ2) is 8.74. The third-order valence-electron chi connectivity index (χ3n) is 5.37. The molecule has 166 valence electrons. The standard InChI is InChI=1S/C25H23N5O3/c1-17(2)30-24-21(14-27-30)20(12-22(28-24)23-8-5-11-33-23)25(31)29(16-19-7-4-10-32-19)15-18-6-3-9-26-13-18/h3-14,17H,15-16H2,1-2H3. The average molecular weight is 441 g/mol. The molecule has 5 aromatic heterocycles. The van der Waals surface area contributed by atoms with E-state index in [1.807, 2.05) is 48.9 Å². The van der Waals surface area contributed by atoms with Crippen molar-refractivity contribution in [3.05, 3.63) is 90.5 Å². The van der Waals surface area contributed by atoms with Crippen LogP contribution < -0.4 is 0 Å². The normalized spacial score (nSPS) is 11.4. The molecule has 1 amide bonds. The lowest BCUT2D eigenvalue weighted by atomic mass is 10.1. The lowest BCUT2D eigenvalue weighted by Crippen LogP contribution is -2.30. The average Bonchev–Trinajstić information content (AvgIpc) is 3.60. The summed E-state index contributed by atoms with van der Waals surface area (Å²) in [5, 5.41) is 5.20. The largest absolute Gasteiger partial charge is 0.467 e. The number of hydrogen-bond donors (Lipinski definition) is 0. The first-order valence-electron chi connectivity index (χ1n) is 10.7. The van der Waals surface area contributed by atoms with Crippen LogP contribution in [0, 0.1) is 0 Å². The van der Waals surface area contributed by atoms with Crippen LogP contribution in [0.4, 0.5) is 0 Å². The number of carbonyl (C=O) groups is 1. The first-order chi connectivity index (χ1) is 16.1. The van der Waals surface area contributed by atoms with Gasteiger partial charge in [-0.15, -0.1) is 0 Å². The van der Waals surface area contributed by atoms with Gasteiger partial charge in [-0.3, -0.25) is 9.78 Å². The second-order valence-corrected chi connectivity index (χ2v) is 8.05. The fourth-order valence-corrected chi connectivity index (χ4v) is 3.80. The summed E-state index contributed by atoms with van der Waals surface area (Å²) < 4.78 is 12.9. The van der Waals surface area contributed by atoms with E-state index in [-0.39, 0.29) is 11.9 Å². The van der Waals surface area contributed by atoms with Crippen LogP contribution in [0.5, 0.6) is 0 Å². The van der Waals surface area contributed by atoms with E-state index in [1.54, 1.807) is 48.1 Å². The minimum absolute atomic E-state index is 0.0828. The molecule has 0 bridgehead atoms. The predicted octanol–water partition coefficient (Wildman–Crippen LogP) is 5.10. The first-order valence-corrected chi connectivity index (χ1v) is 10.7. The lowest BCUT2D eigenvalue weighted by Gasteiger charge is -2.22. The molecule has 0 aliphatic rings. The van der Waals surface area contributed by atoms with E-state index in [2.05, 4.69) is 10.1 Å². The van der Waals surface area contributed by atoms with Crippen molar-refractivity contribution < 1.29 is 13.6 Å². The highest BCUT2D eigenvalue weighted by Gasteiger charge is 2.24. The summed E-state index contributed by atoms with van der Waals surface area (Å²) in [5.41, 5.74) is 2.65. The van der Waals surface area contributed by atoms with E-state index < -0.39 is 0 Å². The van der Waals surface area contributed by atoms with Gasteiger partial charge in [0.25, 0.3) is 5.91 Å². The van der Waals surface area contributed by atoms with Crippen molar-refractivity contribution in [1.29, 1.82) is 0 Å². The molecule has 0 fully saturated rings. The molecule has 0 spiro atoms. The summed E-state index contributed by atoms with van der Waals surface area (Å²) in [6.07, 6.45) is 8.37. The number of hydrogen-bond acceptors (Lipinski definition) is 6.